The third-order valence-electron chi connectivity index (χ3n) is 9.16. The van der Waals surface area contributed by atoms with E-state index in [0.29, 0.717) is 12.8 Å². The smallest absolute Gasteiger partial charge is 0.270 e. The molecular formula is C30H48N2O6SSi2. The van der Waals surface area contributed by atoms with Crippen molar-refractivity contribution in [1.82, 2.24) is 4.72 Å². The predicted molar refractivity (Wildman–Crippen MR) is 171 cm³/mol. The molecular weight excluding hydrogens is 573 g/mol. The molecule has 2 aromatic rings. The van der Waals surface area contributed by atoms with Crippen molar-refractivity contribution in [3.8, 4) is 11.5 Å². The molecule has 1 fully saturated rings. The van der Waals surface area contributed by atoms with Crippen LogP contribution in [0, 0.1) is 10.1 Å². The second-order valence-electron chi connectivity index (χ2n) is 14.3. The predicted octanol–water partition coefficient (Wildman–Crippen LogP) is 8.37. The number of hydrogen-bond donors (Lipinski definition) is 1. The van der Waals surface area contributed by atoms with Gasteiger partial charge in [0.2, 0.25) is 26.7 Å². The number of sulfonamides is 1. The van der Waals surface area contributed by atoms with Gasteiger partial charge in [-0.25, -0.2) is 13.1 Å². The van der Waals surface area contributed by atoms with Crippen LogP contribution in [0.1, 0.15) is 78.7 Å². The van der Waals surface area contributed by atoms with Gasteiger partial charge in [0, 0.05) is 24.2 Å². The fourth-order valence-electron chi connectivity index (χ4n) is 4.45. The van der Waals surface area contributed by atoms with Crippen molar-refractivity contribution in [3.63, 3.8) is 0 Å². The standard InChI is InChI=1S/C30H48N2O6SSi2/c1-29(2,3)40(7,8)37-25-18-19-27(28(21-25)38-41(9,10)30(4,5)6)22-14-16-23(17-15-22)31-39(35,36)26-13-11-12-24(20-26)32(33)34/h11-13,18-23,31H,14-17H2,1-10H3/t22-,23+. The molecule has 0 aromatic heterocycles. The van der Waals surface area contributed by atoms with E-state index in [0.717, 1.165) is 36.0 Å². The van der Waals surface area contributed by atoms with Gasteiger partial charge in [-0.05, 0) is 85.6 Å². The van der Waals surface area contributed by atoms with E-state index in [1.807, 2.05) is 0 Å². The lowest BCUT2D eigenvalue weighted by molar-refractivity contribution is -0.385. The molecule has 3 rings (SSSR count). The van der Waals surface area contributed by atoms with Crippen LogP contribution in [0.4, 0.5) is 5.69 Å². The molecule has 0 atom stereocenters. The van der Waals surface area contributed by atoms with Crippen LogP contribution < -0.4 is 13.6 Å². The maximum absolute atomic E-state index is 13.0. The third-order valence-corrected chi connectivity index (χ3v) is 19.4. The number of nitrogens with one attached hydrogen (secondary N) is 1. The molecule has 2 aromatic carbocycles. The number of benzene rings is 2. The van der Waals surface area contributed by atoms with E-state index in [1.165, 1.54) is 18.2 Å². The zero-order chi connectivity index (χ0) is 31.0. The molecule has 0 heterocycles. The maximum atomic E-state index is 13.0. The quantitative estimate of drug-likeness (QED) is 0.171. The summed E-state index contributed by atoms with van der Waals surface area (Å²) in [5, 5.41) is 11.2. The summed E-state index contributed by atoms with van der Waals surface area (Å²) in [5.41, 5.74) is 0.907. The molecule has 0 bridgehead atoms. The summed E-state index contributed by atoms with van der Waals surface area (Å²) in [6.07, 6.45) is 2.94. The summed E-state index contributed by atoms with van der Waals surface area (Å²) in [6, 6.07) is 11.2. The highest BCUT2D eigenvalue weighted by Gasteiger charge is 2.41. The Morgan fingerprint density at radius 2 is 1.41 bits per heavy atom. The van der Waals surface area contributed by atoms with Crippen molar-refractivity contribution >= 4 is 32.3 Å². The van der Waals surface area contributed by atoms with Crippen molar-refractivity contribution in [2.45, 2.75) is 120 Å². The van der Waals surface area contributed by atoms with E-state index in [-0.39, 0.29) is 32.6 Å². The Morgan fingerprint density at radius 3 is 1.95 bits per heavy atom. The van der Waals surface area contributed by atoms with E-state index in [4.69, 9.17) is 8.85 Å². The first kappa shape index (κ1) is 33.3. The lowest BCUT2D eigenvalue weighted by Crippen LogP contribution is -2.44. The first-order valence-electron chi connectivity index (χ1n) is 14.4. The SMILES string of the molecule is CC(C)(C)[Si](C)(C)Oc1ccc([C@H]2CC[C@@H](NS(=O)(=O)c3cccc([N+](=O)[O-])c3)CC2)c(O[Si](C)(C)C(C)(C)C)c1. The van der Waals surface area contributed by atoms with Crippen LogP contribution in [0.5, 0.6) is 11.5 Å². The van der Waals surface area contributed by atoms with Gasteiger partial charge in [-0.1, -0.05) is 53.7 Å². The second kappa shape index (κ2) is 11.8. The van der Waals surface area contributed by atoms with Crippen LogP contribution in [-0.4, -0.2) is 36.0 Å². The van der Waals surface area contributed by atoms with Gasteiger partial charge in [0.25, 0.3) is 5.69 Å². The molecule has 0 unspecified atom stereocenters. The fraction of sp³-hybridized carbons (Fsp3) is 0.600. The van der Waals surface area contributed by atoms with Gasteiger partial charge in [-0.15, -0.1) is 0 Å². The molecule has 1 aliphatic rings. The van der Waals surface area contributed by atoms with Crippen LogP contribution in [-0.2, 0) is 10.0 Å². The van der Waals surface area contributed by atoms with Gasteiger partial charge in [0.15, 0.2) is 0 Å². The lowest BCUT2D eigenvalue weighted by Gasteiger charge is -2.39. The summed E-state index contributed by atoms with van der Waals surface area (Å²) in [6.45, 7) is 22.4. The zero-order valence-electron chi connectivity index (χ0n) is 26.3. The van der Waals surface area contributed by atoms with Gasteiger partial charge >= 0.3 is 0 Å². The van der Waals surface area contributed by atoms with Crippen molar-refractivity contribution < 1.29 is 22.2 Å². The first-order chi connectivity index (χ1) is 18.6. The van der Waals surface area contributed by atoms with Crippen LogP contribution >= 0.6 is 0 Å². The van der Waals surface area contributed by atoms with Gasteiger partial charge in [0.05, 0.1) is 9.82 Å². The van der Waals surface area contributed by atoms with Crippen molar-refractivity contribution in [2.24, 2.45) is 0 Å². The first-order valence-corrected chi connectivity index (χ1v) is 21.7. The number of rotatable bonds is 9. The molecule has 228 valence electrons. The summed E-state index contributed by atoms with van der Waals surface area (Å²) in [4.78, 5) is 10.4. The Morgan fingerprint density at radius 1 is 0.854 bits per heavy atom. The Labute approximate surface area is 248 Å². The summed E-state index contributed by atoms with van der Waals surface area (Å²) < 4.78 is 42.3. The molecule has 41 heavy (non-hydrogen) atoms. The molecule has 11 heteroatoms. The normalized spacial score (nSPS) is 19.1. The van der Waals surface area contributed by atoms with Gasteiger partial charge in [-0.2, -0.15) is 0 Å². The number of hydrogen-bond acceptors (Lipinski definition) is 6. The van der Waals surface area contributed by atoms with E-state index in [2.05, 4.69) is 90.7 Å². The minimum atomic E-state index is -3.87. The van der Waals surface area contributed by atoms with Crippen LogP contribution in [0.25, 0.3) is 0 Å². The van der Waals surface area contributed by atoms with E-state index >= 15 is 0 Å². The number of nitro benzene ring substituents is 1. The molecule has 1 N–H and O–H groups in total. The lowest BCUT2D eigenvalue weighted by atomic mass is 9.81. The monoisotopic (exact) mass is 620 g/mol. The zero-order valence-corrected chi connectivity index (χ0v) is 29.1. The largest absolute Gasteiger partial charge is 0.543 e. The summed E-state index contributed by atoms with van der Waals surface area (Å²) in [7, 11) is -8.04. The Balaban J connectivity index is 1.82. The second-order valence-corrected chi connectivity index (χ2v) is 25.5. The topological polar surface area (TPSA) is 108 Å². The van der Waals surface area contributed by atoms with Crippen LogP contribution in [0.3, 0.4) is 0 Å². The highest BCUT2D eigenvalue weighted by Crippen LogP contribution is 2.45. The van der Waals surface area contributed by atoms with Crippen molar-refractivity contribution in [1.29, 1.82) is 0 Å². The van der Waals surface area contributed by atoms with Crippen LogP contribution in [0.2, 0.25) is 36.3 Å². The molecule has 0 aliphatic heterocycles. The van der Waals surface area contributed by atoms with E-state index in [1.54, 1.807) is 0 Å². The molecule has 0 amide bonds. The minimum Gasteiger partial charge on any atom is -0.543 e. The van der Waals surface area contributed by atoms with Crippen LogP contribution in [0.15, 0.2) is 47.4 Å². The highest BCUT2D eigenvalue weighted by atomic mass is 32.2. The Bertz CT molecular complexity index is 1360. The Hall–Kier alpha value is -2.22. The number of nitro groups is 1. The molecule has 1 saturated carbocycles. The minimum absolute atomic E-state index is 0.0308. The van der Waals surface area contributed by atoms with Crippen molar-refractivity contribution in [3.05, 3.63) is 58.1 Å². The number of non-ortho nitro benzene ring substituents is 1. The molecule has 0 spiro atoms. The molecule has 0 radical (unpaired) electrons. The van der Waals surface area contributed by atoms with Gasteiger partial charge < -0.3 is 8.85 Å². The summed E-state index contributed by atoms with van der Waals surface area (Å²) in [5.74, 6) is 1.95. The molecule has 8 nitrogen and oxygen atoms in total. The maximum Gasteiger partial charge on any atom is 0.270 e. The summed E-state index contributed by atoms with van der Waals surface area (Å²) >= 11 is 0. The third kappa shape index (κ3) is 8.00. The average Bonchev–Trinajstić information content (AvgIpc) is 2.83. The average molecular weight is 621 g/mol. The van der Waals surface area contributed by atoms with Crippen molar-refractivity contribution in [2.75, 3.05) is 0 Å². The van der Waals surface area contributed by atoms with E-state index < -0.39 is 31.6 Å². The molecule has 0 saturated heterocycles. The Kier molecular flexibility index (Phi) is 9.59. The highest BCUT2D eigenvalue weighted by molar-refractivity contribution is 7.89. The number of nitrogens with zero attached hydrogens (tertiary/aromatic N) is 1. The van der Waals surface area contributed by atoms with E-state index in [9.17, 15) is 18.5 Å². The fourth-order valence-corrected chi connectivity index (χ4v) is 7.85. The van der Waals surface area contributed by atoms with Gasteiger partial charge in [0.1, 0.15) is 11.5 Å². The van der Waals surface area contributed by atoms with Gasteiger partial charge in [-0.3, -0.25) is 10.1 Å². The molecule has 1 aliphatic carbocycles.